The van der Waals surface area contributed by atoms with E-state index in [2.05, 4.69) is 14.6 Å². The van der Waals surface area contributed by atoms with Crippen LogP contribution in [0.15, 0.2) is 29.3 Å². The summed E-state index contributed by atoms with van der Waals surface area (Å²) in [5.74, 6) is -0.527. The number of hydrogen-bond donors (Lipinski definition) is 1. The van der Waals surface area contributed by atoms with Crippen LogP contribution in [-0.4, -0.2) is 31.3 Å². The first kappa shape index (κ1) is 17.0. The summed E-state index contributed by atoms with van der Waals surface area (Å²) in [4.78, 5) is 11.7. The van der Waals surface area contributed by atoms with Gasteiger partial charge in [0.25, 0.3) is 10.0 Å². The fraction of sp³-hybridized carbons (Fsp3) is 0.333. The Hall–Kier alpha value is -2.35. The van der Waals surface area contributed by atoms with Gasteiger partial charge < -0.3 is 4.74 Å². The number of anilines is 1. The number of benzene rings is 1. The average Bonchev–Trinajstić information content (AvgIpc) is 2.90. The second-order valence-corrected chi connectivity index (χ2v) is 6.71. The third-order valence-electron chi connectivity index (χ3n) is 3.42. The van der Waals surface area contributed by atoms with Gasteiger partial charge in [-0.15, -0.1) is 0 Å². The lowest BCUT2D eigenvalue weighted by Crippen LogP contribution is -2.15. The maximum atomic E-state index is 12.6. The zero-order valence-electron chi connectivity index (χ0n) is 13.5. The van der Waals surface area contributed by atoms with Crippen molar-refractivity contribution in [3.63, 3.8) is 0 Å². The topological polar surface area (TPSA) is 90.3 Å². The molecule has 0 aliphatic rings. The third-order valence-corrected chi connectivity index (χ3v) is 4.89. The molecule has 1 N–H and O–H groups in total. The molecular formula is C15H19N3O4S. The summed E-state index contributed by atoms with van der Waals surface area (Å²) >= 11 is 0. The molecule has 0 saturated heterocycles. The molecule has 0 bridgehead atoms. The van der Waals surface area contributed by atoms with Gasteiger partial charge in [0.1, 0.15) is 4.90 Å². The first-order chi connectivity index (χ1) is 10.8. The second-order valence-electron chi connectivity index (χ2n) is 5.06. The molecule has 2 rings (SSSR count). The van der Waals surface area contributed by atoms with Gasteiger partial charge in [0, 0.05) is 12.7 Å². The predicted octanol–water partition coefficient (Wildman–Crippen LogP) is 2.11. The van der Waals surface area contributed by atoms with E-state index in [1.54, 1.807) is 30.7 Å². The van der Waals surface area contributed by atoms with E-state index in [4.69, 9.17) is 0 Å². The van der Waals surface area contributed by atoms with Gasteiger partial charge in [0.15, 0.2) is 0 Å². The van der Waals surface area contributed by atoms with Crippen LogP contribution < -0.4 is 4.72 Å². The number of aryl methyl sites for hydroxylation is 3. The lowest BCUT2D eigenvalue weighted by atomic mass is 10.1. The molecule has 0 unspecified atom stereocenters. The molecule has 0 saturated carbocycles. The van der Waals surface area contributed by atoms with E-state index in [-0.39, 0.29) is 10.5 Å². The third kappa shape index (κ3) is 3.53. The number of nitrogens with zero attached hydrogens (tertiary/aromatic N) is 2. The van der Waals surface area contributed by atoms with Crippen LogP contribution in [0.1, 0.15) is 28.5 Å². The smallest absolute Gasteiger partial charge is 0.337 e. The van der Waals surface area contributed by atoms with Gasteiger partial charge in [-0.2, -0.15) is 5.10 Å². The van der Waals surface area contributed by atoms with E-state index in [1.807, 2.05) is 6.92 Å². The molecule has 124 valence electrons. The van der Waals surface area contributed by atoms with Crippen molar-refractivity contribution < 1.29 is 17.9 Å². The highest BCUT2D eigenvalue weighted by Gasteiger charge is 2.21. The number of methoxy groups -OCH3 is 1. The van der Waals surface area contributed by atoms with E-state index >= 15 is 0 Å². The molecular weight excluding hydrogens is 318 g/mol. The summed E-state index contributed by atoms with van der Waals surface area (Å²) in [5, 5.41) is 4.14. The van der Waals surface area contributed by atoms with Crippen LogP contribution in [0.25, 0.3) is 0 Å². The molecule has 0 spiro atoms. The standard InChI is InChI=1S/C15H19N3O4S/c1-5-18-9-14(11(3)16-18)23(20,21)17-13-8-12(15(19)22-4)7-6-10(13)2/h6-9,17H,5H2,1-4H3. The van der Waals surface area contributed by atoms with Crippen molar-refractivity contribution in [1.82, 2.24) is 9.78 Å². The van der Waals surface area contributed by atoms with Gasteiger partial charge in [0.2, 0.25) is 0 Å². The van der Waals surface area contributed by atoms with Crippen molar-refractivity contribution in [3.8, 4) is 0 Å². The minimum atomic E-state index is -3.79. The molecule has 1 aromatic heterocycles. The Bertz CT molecular complexity index is 840. The van der Waals surface area contributed by atoms with Gasteiger partial charge >= 0.3 is 5.97 Å². The van der Waals surface area contributed by atoms with E-state index in [0.717, 1.165) is 0 Å². The molecule has 0 fully saturated rings. The predicted molar refractivity (Wildman–Crippen MR) is 86.0 cm³/mol. The van der Waals surface area contributed by atoms with Crippen LogP contribution in [0.4, 0.5) is 5.69 Å². The van der Waals surface area contributed by atoms with Crippen LogP contribution in [0.5, 0.6) is 0 Å². The van der Waals surface area contributed by atoms with E-state index in [9.17, 15) is 13.2 Å². The van der Waals surface area contributed by atoms with Gasteiger partial charge in [-0.25, -0.2) is 13.2 Å². The van der Waals surface area contributed by atoms with Gasteiger partial charge in [-0.1, -0.05) is 6.07 Å². The van der Waals surface area contributed by atoms with Crippen LogP contribution >= 0.6 is 0 Å². The molecule has 0 radical (unpaired) electrons. The van der Waals surface area contributed by atoms with Crippen LogP contribution in [0.2, 0.25) is 0 Å². The monoisotopic (exact) mass is 337 g/mol. The van der Waals surface area contributed by atoms with Crippen LogP contribution in [0, 0.1) is 13.8 Å². The Balaban J connectivity index is 2.40. The molecule has 0 aliphatic heterocycles. The summed E-state index contributed by atoms with van der Waals surface area (Å²) < 4.78 is 33.9. The van der Waals surface area contributed by atoms with E-state index in [1.165, 1.54) is 19.4 Å². The largest absolute Gasteiger partial charge is 0.465 e. The zero-order chi connectivity index (χ0) is 17.2. The number of carbonyl (C=O) groups is 1. The van der Waals surface area contributed by atoms with Crippen molar-refractivity contribution in [3.05, 3.63) is 41.2 Å². The number of rotatable bonds is 5. The Morgan fingerprint density at radius 1 is 1.35 bits per heavy atom. The van der Waals surface area contributed by atoms with Gasteiger partial charge in [-0.3, -0.25) is 9.40 Å². The second kappa shape index (κ2) is 6.41. The molecule has 8 heteroatoms. The van der Waals surface area contributed by atoms with Crippen LogP contribution in [0.3, 0.4) is 0 Å². The molecule has 2 aromatic rings. The lowest BCUT2D eigenvalue weighted by molar-refractivity contribution is 0.0601. The minimum Gasteiger partial charge on any atom is -0.465 e. The summed E-state index contributed by atoms with van der Waals surface area (Å²) in [6.45, 7) is 5.84. The molecule has 0 atom stereocenters. The minimum absolute atomic E-state index is 0.113. The summed E-state index contributed by atoms with van der Waals surface area (Å²) in [6, 6.07) is 4.70. The first-order valence-electron chi connectivity index (χ1n) is 7.04. The van der Waals surface area contributed by atoms with Crippen LogP contribution in [-0.2, 0) is 21.3 Å². The van der Waals surface area contributed by atoms with Crippen molar-refractivity contribution >= 4 is 21.7 Å². The number of ether oxygens (including phenoxy) is 1. The van der Waals surface area contributed by atoms with Gasteiger partial charge in [-0.05, 0) is 38.5 Å². The maximum Gasteiger partial charge on any atom is 0.337 e. The number of aromatic nitrogens is 2. The first-order valence-corrected chi connectivity index (χ1v) is 8.52. The fourth-order valence-electron chi connectivity index (χ4n) is 2.10. The summed E-state index contributed by atoms with van der Waals surface area (Å²) in [6.07, 6.45) is 1.48. The Kier molecular flexibility index (Phi) is 4.74. The molecule has 7 nitrogen and oxygen atoms in total. The SMILES string of the molecule is CCn1cc(S(=O)(=O)Nc2cc(C(=O)OC)ccc2C)c(C)n1. The van der Waals surface area contributed by atoms with Crippen molar-refractivity contribution in [2.75, 3.05) is 11.8 Å². The highest BCUT2D eigenvalue weighted by atomic mass is 32.2. The molecule has 1 heterocycles. The lowest BCUT2D eigenvalue weighted by Gasteiger charge is -2.11. The number of nitrogens with one attached hydrogen (secondary N) is 1. The number of esters is 1. The highest BCUT2D eigenvalue weighted by Crippen LogP contribution is 2.23. The highest BCUT2D eigenvalue weighted by molar-refractivity contribution is 7.92. The number of sulfonamides is 1. The molecule has 23 heavy (non-hydrogen) atoms. The normalized spacial score (nSPS) is 11.3. The number of hydrogen-bond acceptors (Lipinski definition) is 5. The van der Waals surface area contributed by atoms with Crippen molar-refractivity contribution in [2.45, 2.75) is 32.2 Å². The maximum absolute atomic E-state index is 12.6. The Morgan fingerprint density at radius 2 is 2.04 bits per heavy atom. The molecule has 1 aromatic carbocycles. The Labute approximate surface area is 135 Å². The summed E-state index contributed by atoms with van der Waals surface area (Å²) in [5.41, 5.74) is 1.72. The quantitative estimate of drug-likeness (QED) is 0.844. The summed E-state index contributed by atoms with van der Waals surface area (Å²) in [7, 11) is -2.52. The van der Waals surface area contributed by atoms with Gasteiger partial charge in [0.05, 0.1) is 24.1 Å². The van der Waals surface area contributed by atoms with Crippen molar-refractivity contribution in [2.24, 2.45) is 0 Å². The average molecular weight is 337 g/mol. The number of carbonyl (C=O) groups excluding carboxylic acids is 1. The molecule has 0 aliphatic carbocycles. The zero-order valence-corrected chi connectivity index (χ0v) is 14.3. The van der Waals surface area contributed by atoms with Crippen molar-refractivity contribution in [1.29, 1.82) is 0 Å². The Morgan fingerprint density at radius 3 is 2.61 bits per heavy atom. The molecule has 0 amide bonds. The fourth-order valence-corrected chi connectivity index (χ4v) is 3.41. The van der Waals surface area contributed by atoms with E-state index in [0.29, 0.717) is 23.5 Å². The van der Waals surface area contributed by atoms with E-state index < -0.39 is 16.0 Å².